The Morgan fingerprint density at radius 3 is 1.80 bits per heavy atom. The molecule has 0 heterocycles. The van der Waals surface area contributed by atoms with E-state index in [1.807, 2.05) is 0 Å². The molecule has 0 aromatic rings. The Balaban J connectivity index is 4.23. The van der Waals surface area contributed by atoms with Gasteiger partial charge in [-0.2, -0.15) is 13.2 Å². The third kappa shape index (κ3) is 2.28. The molecule has 10 heavy (non-hydrogen) atoms. The van der Waals surface area contributed by atoms with Crippen molar-refractivity contribution >= 4 is 0 Å². The molecule has 1 atom stereocenters. The summed E-state index contributed by atoms with van der Waals surface area (Å²) in [7, 11) is 0. The maximum atomic E-state index is 11.5. The van der Waals surface area contributed by atoms with E-state index < -0.39 is 24.5 Å². The number of hydrogen-bond acceptors (Lipinski definition) is 0. The summed E-state index contributed by atoms with van der Waals surface area (Å²) in [5.41, 5.74) is 0. The Bertz CT molecular complexity index is 133. The highest BCUT2D eigenvalue weighted by Crippen LogP contribution is 2.28. The first kappa shape index (κ1) is 9.32. The quantitative estimate of drug-likeness (QED) is 0.522. The second-order valence-electron chi connectivity index (χ2n) is 1.40. The molecule has 1 unspecified atom stereocenters. The van der Waals surface area contributed by atoms with E-state index >= 15 is 0 Å². The Labute approximate surface area is 52.1 Å². The van der Waals surface area contributed by atoms with Gasteiger partial charge in [0.15, 0.2) is 5.83 Å². The fourth-order valence-corrected chi connectivity index (χ4v) is 0.212. The van der Waals surface area contributed by atoms with Crippen molar-refractivity contribution in [2.24, 2.45) is 0 Å². The third-order valence-corrected chi connectivity index (χ3v) is 0.634. The second-order valence-corrected chi connectivity index (χ2v) is 1.40. The van der Waals surface area contributed by atoms with Crippen molar-refractivity contribution in [3.8, 4) is 0 Å². The van der Waals surface area contributed by atoms with Crippen molar-refractivity contribution in [3.05, 3.63) is 12.2 Å². The maximum absolute atomic E-state index is 11.5. The predicted molar refractivity (Wildman–Crippen MR) is 21.2 cm³/mol. The van der Waals surface area contributed by atoms with Gasteiger partial charge in [-0.05, 0) is 0 Å². The van der Waals surface area contributed by atoms with E-state index in [4.69, 9.17) is 0 Å². The summed E-state index contributed by atoms with van der Waals surface area (Å²) < 4.78 is 67.0. The molecule has 0 aliphatic heterocycles. The van der Waals surface area contributed by atoms with E-state index in [0.29, 0.717) is 0 Å². The molecule has 0 aliphatic rings. The van der Waals surface area contributed by atoms with Crippen LogP contribution >= 0.6 is 0 Å². The number of hydrogen-bond donors (Lipinski definition) is 0. The van der Waals surface area contributed by atoms with Crippen molar-refractivity contribution < 1.29 is 26.3 Å². The Kier molecular flexibility index (Phi) is 2.74. The summed E-state index contributed by atoms with van der Waals surface area (Å²) >= 11 is 0. The molecular weight excluding hydrogens is 162 g/mol. The lowest BCUT2D eigenvalue weighted by atomic mass is 10.3. The molecule has 0 fully saturated rings. The molecule has 0 rings (SSSR count). The highest BCUT2D eigenvalue weighted by molar-refractivity contribution is 4.97. The van der Waals surface area contributed by atoms with E-state index in [2.05, 4.69) is 0 Å². The highest BCUT2D eigenvalue weighted by Gasteiger charge is 2.43. The van der Waals surface area contributed by atoms with Gasteiger partial charge < -0.3 is 0 Å². The molecule has 0 nitrogen and oxygen atoms in total. The average Bonchev–Trinajstić information content (AvgIpc) is 1.83. The third-order valence-electron chi connectivity index (χ3n) is 0.634. The molecule has 0 aromatic carbocycles. The van der Waals surface area contributed by atoms with Gasteiger partial charge >= 0.3 is 6.18 Å². The molecule has 0 radical (unpaired) electrons. The van der Waals surface area contributed by atoms with Crippen LogP contribution in [0.1, 0.15) is 0 Å². The van der Waals surface area contributed by atoms with Crippen LogP contribution in [0.4, 0.5) is 26.3 Å². The smallest absolute Gasteiger partial charge is 0.229 e. The van der Waals surface area contributed by atoms with Gasteiger partial charge in [0.1, 0.15) is 6.33 Å². The van der Waals surface area contributed by atoms with Crippen LogP contribution in [0.25, 0.3) is 0 Å². The predicted octanol–water partition coefficient (Wildman–Crippen LogP) is 2.67. The van der Waals surface area contributed by atoms with Gasteiger partial charge in [-0.3, -0.25) is 0 Å². The minimum atomic E-state index is -5.37. The standard InChI is InChI=1S/C4H2F6/c5-1-2(6)3(7)4(8,9)10/h1,3H/b2-1-. The van der Waals surface area contributed by atoms with Gasteiger partial charge in [0.25, 0.3) is 0 Å². The summed E-state index contributed by atoms with van der Waals surface area (Å²) in [5.74, 6) is -2.47. The first-order valence-corrected chi connectivity index (χ1v) is 2.06. The zero-order valence-electron chi connectivity index (χ0n) is 4.42. The molecular formula is C4H2F6. The summed E-state index contributed by atoms with van der Waals surface area (Å²) in [4.78, 5) is 0. The molecule has 0 amide bonds. The van der Waals surface area contributed by atoms with Crippen LogP contribution in [-0.4, -0.2) is 12.3 Å². The Morgan fingerprint density at radius 1 is 1.30 bits per heavy atom. The molecule has 0 saturated carbocycles. The van der Waals surface area contributed by atoms with Crippen molar-refractivity contribution in [1.82, 2.24) is 0 Å². The topological polar surface area (TPSA) is 0 Å². The summed E-state index contributed by atoms with van der Waals surface area (Å²) in [6.45, 7) is 0. The van der Waals surface area contributed by atoms with Crippen LogP contribution in [0.3, 0.4) is 0 Å². The lowest BCUT2D eigenvalue weighted by Crippen LogP contribution is -2.24. The first-order chi connectivity index (χ1) is 4.39. The number of halogens is 6. The zero-order valence-corrected chi connectivity index (χ0v) is 4.42. The van der Waals surface area contributed by atoms with E-state index in [1.54, 1.807) is 0 Å². The summed E-state index contributed by atoms with van der Waals surface area (Å²) in [6, 6.07) is 0. The van der Waals surface area contributed by atoms with E-state index in [1.165, 1.54) is 0 Å². The SMILES string of the molecule is F/C=C(\F)C(F)C(F)(F)F. The number of rotatable bonds is 1. The largest absolute Gasteiger partial charge is 0.426 e. The van der Waals surface area contributed by atoms with E-state index in [0.717, 1.165) is 0 Å². The molecule has 0 aromatic heterocycles. The Morgan fingerprint density at radius 2 is 1.70 bits per heavy atom. The first-order valence-electron chi connectivity index (χ1n) is 2.06. The molecule has 0 spiro atoms. The molecule has 0 aliphatic carbocycles. The molecule has 0 bridgehead atoms. The highest BCUT2D eigenvalue weighted by atomic mass is 19.4. The molecule has 6 heteroatoms. The van der Waals surface area contributed by atoms with Gasteiger partial charge in [-0.25, -0.2) is 13.2 Å². The average molecular weight is 164 g/mol. The van der Waals surface area contributed by atoms with Crippen molar-refractivity contribution in [3.63, 3.8) is 0 Å². The molecule has 0 N–H and O–H groups in total. The lowest BCUT2D eigenvalue weighted by molar-refractivity contribution is -0.173. The fourth-order valence-electron chi connectivity index (χ4n) is 0.212. The van der Waals surface area contributed by atoms with Gasteiger partial charge in [-0.15, -0.1) is 0 Å². The van der Waals surface area contributed by atoms with Crippen LogP contribution in [0.15, 0.2) is 12.2 Å². The Hall–Kier alpha value is -0.680. The van der Waals surface area contributed by atoms with Crippen LogP contribution in [0.5, 0.6) is 0 Å². The van der Waals surface area contributed by atoms with Crippen LogP contribution in [0, 0.1) is 0 Å². The number of allylic oxidation sites excluding steroid dienone is 1. The fraction of sp³-hybridized carbons (Fsp3) is 0.500. The van der Waals surface area contributed by atoms with Crippen LogP contribution < -0.4 is 0 Å². The van der Waals surface area contributed by atoms with Crippen molar-refractivity contribution in [2.45, 2.75) is 12.3 Å². The van der Waals surface area contributed by atoms with Crippen molar-refractivity contribution in [2.75, 3.05) is 0 Å². The monoisotopic (exact) mass is 164 g/mol. The lowest BCUT2D eigenvalue weighted by Gasteiger charge is -2.07. The van der Waals surface area contributed by atoms with Crippen molar-refractivity contribution in [1.29, 1.82) is 0 Å². The normalized spacial score (nSPS) is 17.2. The number of alkyl halides is 4. The van der Waals surface area contributed by atoms with Gasteiger partial charge in [0, 0.05) is 0 Å². The molecule has 60 valence electrons. The van der Waals surface area contributed by atoms with E-state index in [9.17, 15) is 26.3 Å². The van der Waals surface area contributed by atoms with Gasteiger partial charge in [0.05, 0.1) is 0 Å². The minimum absolute atomic E-state index is 1.06. The summed E-state index contributed by atoms with van der Waals surface area (Å²) in [6.07, 6.45) is -10.3. The van der Waals surface area contributed by atoms with E-state index in [-0.39, 0.29) is 0 Å². The maximum Gasteiger partial charge on any atom is 0.426 e. The molecule has 0 saturated heterocycles. The van der Waals surface area contributed by atoms with Crippen LogP contribution in [-0.2, 0) is 0 Å². The minimum Gasteiger partial charge on any atom is -0.229 e. The zero-order chi connectivity index (χ0) is 8.36. The van der Waals surface area contributed by atoms with Gasteiger partial charge in [-0.1, -0.05) is 0 Å². The van der Waals surface area contributed by atoms with Crippen LogP contribution in [0.2, 0.25) is 0 Å². The second kappa shape index (κ2) is 2.94. The summed E-state index contributed by atoms with van der Waals surface area (Å²) in [5, 5.41) is 0. The van der Waals surface area contributed by atoms with Gasteiger partial charge in [0.2, 0.25) is 6.17 Å².